The van der Waals surface area contributed by atoms with Gasteiger partial charge in [0.15, 0.2) is 0 Å². The van der Waals surface area contributed by atoms with Crippen LogP contribution in [0.3, 0.4) is 0 Å². The zero-order valence-corrected chi connectivity index (χ0v) is 13.7. The first-order chi connectivity index (χ1) is 11.4. The summed E-state index contributed by atoms with van der Waals surface area (Å²) in [6, 6.07) is 13.7. The minimum absolute atomic E-state index is 0. The summed E-state index contributed by atoms with van der Waals surface area (Å²) in [7, 11) is -4.31. The summed E-state index contributed by atoms with van der Waals surface area (Å²) in [5.41, 5.74) is 0.611. The third-order valence-corrected chi connectivity index (χ3v) is 4.52. The molecule has 0 bridgehead atoms. The number of benzene rings is 3. The molecule has 9 heteroatoms. The van der Waals surface area contributed by atoms with E-state index in [1.54, 1.807) is 24.3 Å². The first kappa shape index (κ1) is 20.4. The number of fused-ring (bicyclic) bond motifs is 1. The second kappa shape index (κ2) is 8.19. The molecular formula is C16H13BaClN2O4S. The van der Waals surface area contributed by atoms with Crippen molar-refractivity contribution in [1.82, 2.24) is 0 Å². The molecule has 0 aliphatic carbocycles. The van der Waals surface area contributed by atoms with Gasteiger partial charge in [-0.15, -0.1) is 10.2 Å². The zero-order valence-electron chi connectivity index (χ0n) is 12.1. The summed E-state index contributed by atoms with van der Waals surface area (Å²) in [4.78, 5) is -0.241. The molecule has 3 aromatic carbocycles. The van der Waals surface area contributed by atoms with Gasteiger partial charge in [0.1, 0.15) is 17.1 Å². The summed E-state index contributed by atoms with van der Waals surface area (Å²) in [6.45, 7) is 0. The van der Waals surface area contributed by atoms with E-state index in [2.05, 4.69) is 10.2 Å². The van der Waals surface area contributed by atoms with Crippen molar-refractivity contribution in [2.45, 2.75) is 4.90 Å². The van der Waals surface area contributed by atoms with Gasteiger partial charge in [-0.05, 0) is 35.7 Å². The van der Waals surface area contributed by atoms with E-state index in [1.165, 1.54) is 30.3 Å². The van der Waals surface area contributed by atoms with Gasteiger partial charge in [0.05, 0.1) is 9.92 Å². The van der Waals surface area contributed by atoms with Crippen LogP contribution in [-0.2, 0) is 10.1 Å². The Labute approximate surface area is 189 Å². The van der Waals surface area contributed by atoms with Crippen LogP contribution in [0.5, 0.6) is 5.75 Å². The fourth-order valence-corrected chi connectivity index (χ4v) is 2.87. The second-order valence-corrected chi connectivity index (χ2v) is 6.77. The van der Waals surface area contributed by atoms with Gasteiger partial charge in [0, 0.05) is 5.39 Å². The summed E-state index contributed by atoms with van der Waals surface area (Å²) >= 11 is 6.01. The molecule has 0 fully saturated rings. The van der Waals surface area contributed by atoms with E-state index in [0.717, 1.165) is 0 Å². The van der Waals surface area contributed by atoms with Gasteiger partial charge in [-0.3, -0.25) is 4.55 Å². The molecule has 3 rings (SSSR count). The number of phenols is 1. The molecule has 0 amide bonds. The predicted molar refractivity (Wildman–Crippen MR) is 99.6 cm³/mol. The van der Waals surface area contributed by atoms with Crippen LogP contribution in [0.4, 0.5) is 11.4 Å². The van der Waals surface area contributed by atoms with Crippen molar-refractivity contribution < 1.29 is 18.1 Å². The van der Waals surface area contributed by atoms with Crippen LogP contribution < -0.4 is 0 Å². The van der Waals surface area contributed by atoms with Crippen LogP contribution in [-0.4, -0.2) is 67.0 Å². The Kier molecular flexibility index (Phi) is 6.69. The molecule has 0 heterocycles. The van der Waals surface area contributed by atoms with E-state index in [0.29, 0.717) is 21.5 Å². The minimum atomic E-state index is -4.31. The molecule has 0 saturated carbocycles. The fraction of sp³-hybridized carbons (Fsp3) is 0. The van der Waals surface area contributed by atoms with E-state index in [9.17, 15) is 13.5 Å². The molecule has 3 aromatic rings. The molecule has 126 valence electrons. The SMILES string of the molecule is O=S(=O)(O)c1ccc2c(N=Nc3ccccc3Cl)c(O)ccc2c1.[BaH2]. The average Bonchev–Trinajstić information content (AvgIpc) is 2.54. The molecule has 0 aliphatic rings. The number of azo groups is 1. The molecule has 0 aromatic heterocycles. The molecule has 25 heavy (non-hydrogen) atoms. The van der Waals surface area contributed by atoms with Crippen molar-refractivity contribution in [3.8, 4) is 5.75 Å². The van der Waals surface area contributed by atoms with E-state index in [4.69, 9.17) is 16.2 Å². The molecule has 0 saturated heterocycles. The molecule has 6 nitrogen and oxygen atoms in total. The molecule has 0 atom stereocenters. The third kappa shape index (κ3) is 4.63. The summed E-state index contributed by atoms with van der Waals surface area (Å²) in [5.74, 6) is -0.113. The van der Waals surface area contributed by atoms with Gasteiger partial charge in [-0.1, -0.05) is 35.9 Å². The molecule has 2 N–H and O–H groups in total. The fourth-order valence-electron chi connectivity index (χ4n) is 2.18. The molecule has 0 unspecified atom stereocenters. The Balaban J connectivity index is 0.00000225. The molecule has 0 aliphatic heterocycles. The summed E-state index contributed by atoms with van der Waals surface area (Å²) in [6.07, 6.45) is 0. The van der Waals surface area contributed by atoms with E-state index in [-0.39, 0.29) is 65.2 Å². The van der Waals surface area contributed by atoms with E-state index >= 15 is 0 Å². The Hall–Kier alpha value is -0.909. The van der Waals surface area contributed by atoms with Crippen LogP contribution >= 0.6 is 11.6 Å². The predicted octanol–water partition coefficient (Wildman–Crippen LogP) is 3.94. The van der Waals surface area contributed by atoms with Crippen molar-refractivity contribution in [2.75, 3.05) is 0 Å². The number of halogens is 1. The van der Waals surface area contributed by atoms with Gasteiger partial charge in [-0.2, -0.15) is 8.42 Å². The Morgan fingerprint density at radius 1 is 0.960 bits per heavy atom. The Morgan fingerprint density at radius 2 is 1.68 bits per heavy atom. The van der Waals surface area contributed by atoms with Crippen LogP contribution in [0.25, 0.3) is 10.8 Å². The second-order valence-electron chi connectivity index (χ2n) is 4.94. The Bertz CT molecular complexity index is 1070. The van der Waals surface area contributed by atoms with Crippen LogP contribution in [0.1, 0.15) is 0 Å². The maximum absolute atomic E-state index is 11.2. The number of nitrogens with zero attached hydrogens (tertiary/aromatic N) is 2. The van der Waals surface area contributed by atoms with Crippen molar-refractivity contribution in [1.29, 1.82) is 0 Å². The third-order valence-electron chi connectivity index (χ3n) is 3.35. The summed E-state index contributed by atoms with van der Waals surface area (Å²) in [5, 5.41) is 19.5. The first-order valence-corrected chi connectivity index (χ1v) is 8.57. The number of phenolic OH excluding ortho intramolecular Hbond substituents is 1. The number of hydrogen-bond acceptors (Lipinski definition) is 5. The maximum atomic E-state index is 11.2. The van der Waals surface area contributed by atoms with E-state index in [1.807, 2.05) is 0 Å². The van der Waals surface area contributed by atoms with E-state index < -0.39 is 10.1 Å². The van der Waals surface area contributed by atoms with Crippen LogP contribution in [0.15, 0.2) is 69.7 Å². The van der Waals surface area contributed by atoms with Crippen molar-refractivity contribution in [2.24, 2.45) is 10.2 Å². The van der Waals surface area contributed by atoms with Crippen molar-refractivity contribution >= 4 is 92.7 Å². The monoisotopic (exact) mass is 502 g/mol. The number of hydrogen-bond donors (Lipinski definition) is 2. The average molecular weight is 502 g/mol. The molecule has 0 spiro atoms. The van der Waals surface area contributed by atoms with Crippen LogP contribution in [0.2, 0.25) is 5.02 Å². The summed E-state index contributed by atoms with van der Waals surface area (Å²) < 4.78 is 31.6. The van der Waals surface area contributed by atoms with Crippen LogP contribution in [0, 0.1) is 0 Å². The first-order valence-electron chi connectivity index (χ1n) is 6.76. The molecular weight excluding hydrogens is 489 g/mol. The van der Waals surface area contributed by atoms with Gasteiger partial charge in [-0.25, -0.2) is 0 Å². The van der Waals surface area contributed by atoms with Gasteiger partial charge >= 0.3 is 48.9 Å². The molecule has 0 radical (unpaired) electrons. The van der Waals surface area contributed by atoms with Gasteiger partial charge in [0.25, 0.3) is 10.1 Å². The Morgan fingerprint density at radius 3 is 2.36 bits per heavy atom. The van der Waals surface area contributed by atoms with Gasteiger partial charge < -0.3 is 5.11 Å². The van der Waals surface area contributed by atoms with Crippen molar-refractivity contribution in [3.63, 3.8) is 0 Å². The quantitative estimate of drug-likeness (QED) is 0.322. The van der Waals surface area contributed by atoms with Gasteiger partial charge in [0.2, 0.25) is 0 Å². The standard InChI is InChI=1S/C16H11ClN2O4S.Ba.2H/c17-13-3-1-2-4-14(13)18-19-16-12-7-6-11(24(21,22)23)9-10(12)5-8-15(16)20;;;/h1-9,20H,(H,21,22,23);;;. The zero-order chi connectivity index (χ0) is 17.3. The normalized spacial score (nSPS) is 11.6. The topological polar surface area (TPSA) is 99.3 Å². The number of rotatable bonds is 3. The number of aromatic hydroxyl groups is 1. The van der Waals surface area contributed by atoms with Crippen molar-refractivity contribution in [3.05, 3.63) is 59.6 Å².